The molecule has 0 heterocycles. The lowest BCUT2D eigenvalue weighted by molar-refractivity contribution is -0.131. The molecule has 1 aromatic rings. The Morgan fingerprint density at radius 2 is 2.06 bits per heavy atom. The van der Waals surface area contributed by atoms with Crippen LogP contribution in [0, 0.1) is 3.57 Å². The average Bonchev–Trinajstić information content (AvgIpc) is 2.16. The summed E-state index contributed by atoms with van der Waals surface area (Å²) in [5, 5.41) is 3.82. The highest BCUT2D eigenvalue weighted by atomic mass is 127. The third kappa shape index (κ3) is 3.48. The summed E-state index contributed by atoms with van der Waals surface area (Å²) in [6, 6.07) is 5.54. The smallest absolute Gasteiger partial charge is 0.308 e. The van der Waals surface area contributed by atoms with E-state index in [1.165, 1.54) is 14.0 Å². The molecule has 0 amide bonds. The van der Waals surface area contributed by atoms with Crippen molar-refractivity contribution in [1.82, 2.24) is 0 Å². The number of ether oxygens (including phenoxy) is 1. The molecular weight excluding hydrogens is 321 g/mol. The lowest BCUT2D eigenvalue weighted by atomic mass is 10.1. The summed E-state index contributed by atoms with van der Waals surface area (Å²) in [5.41, 5.74) is 1.41. The molecule has 0 fully saturated rings. The van der Waals surface area contributed by atoms with Crippen molar-refractivity contribution in [2.45, 2.75) is 13.8 Å². The summed E-state index contributed by atoms with van der Waals surface area (Å²) in [6.45, 7) is 3.16. The third-order valence-corrected chi connectivity index (χ3v) is 2.49. The van der Waals surface area contributed by atoms with Gasteiger partial charge in [-0.15, -0.1) is 0 Å². The van der Waals surface area contributed by atoms with Crippen LogP contribution in [0.4, 0.5) is 0 Å². The Hall–Kier alpha value is -1.11. The van der Waals surface area contributed by atoms with Crippen LogP contribution in [-0.2, 0) is 9.63 Å². The molecule has 16 heavy (non-hydrogen) atoms. The lowest BCUT2D eigenvalue weighted by Crippen LogP contribution is -2.07. The van der Waals surface area contributed by atoms with Gasteiger partial charge in [0.15, 0.2) is 0 Å². The number of rotatable bonds is 3. The van der Waals surface area contributed by atoms with Gasteiger partial charge in [-0.25, -0.2) is 0 Å². The summed E-state index contributed by atoms with van der Waals surface area (Å²) >= 11 is 2.15. The van der Waals surface area contributed by atoms with Gasteiger partial charge < -0.3 is 9.57 Å². The van der Waals surface area contributed by atoms with Crippen molar-refractivity contribution in [2.24, 2.45) is 5.16 Å². The van der Waals surface area contributed by atoms with Gasteiger partial charge in [-0.1, -0.05) is 5.16 Å². The number of nitrogens with zero attached hydrogens (tertiary/aromatic N) is 1. The molecule has 0 aromatic heterocycles. The minimum absolute atomic E-state index is 0.353. The Morgan fingerprint density at radius 3 is 2.62 bits per heavy atom. The van der Waals surface area contributed by atoms with E-state index in [1.807, 2.05) is 12.1 Å². The first kappa shape index (κ1) is 13.0. The fourth-order valence-electron chi connectivity index (χ4n) is 1.22. The van der Waals surface area contributed by atoms with Crippen LogP contribution in [0.2, 0.25) is 0 Å². The lowest BCUT2D eigenvalue weighted by Gasteiger charge is -2.08. The van der Waals surface area contributed by atoms with E-state index in [0.29, 0.717) is 11.5 Å². The first-order valence-corrected chi connectivity index (χ1v) is 5.68. The maximum atomic E-state index is 11.0. The molecule has 0 aliphatic carbocycles. The number of hydrogen-bond donors (Lipinski definition) is 0. The summed E-state index contributed by atoms with van der Waals surface area (Å²) in [5.74, 6) is 0.145. The van der Waals surface area contributed by atoms with E-state index < -0.39 is 0 Å². The zero-order valence-corrected chi connectivity index (χ0v) is 11.4. The number of carbonyl (C=O) groups is 1. The van der Waals surface area contributed by atoms with E-state index in [9.17, 15) is 4.79 Å². The highest BCUT2D eigenvalue weighted by Crippen LogP contribution is 2.22. The van der Waals surface area contributed by atoms with Crippen molar-refractivity contribution in [2.75, 3.05) is 7.11 Å². The van der Waals surface area contributed by atoms with Crippen molar-refractivity contribution < 1.29 is 14.4 Å². The van der Waals surface area contributed by atoms with Gasteiger partial charge in [0.25, 0.3) is 0 Å². The summed E-state index contributed by atoms with van der Waals surface area (Å²) in [7, 11) is 1.47. The number of halogens is 1. The van der Waals surface area contributed by atoms with Crippen molar-refractivity contribution in [3.8, 4) is 5.75 Å². The van der Waals surface area contributed by atoms with Gasteiger partial charge in [0, 0.05) is 16.1 Å². The van der Waals surface area contributed by atoms with E-state index in [-0.39, 0.29) is 5.97 Å². The zero-order chi connectivity index (χ0) is 12.1. The second-order valence-electron chi connectivity index (χ2n) is 3.09. The Labute approximate surface area is 108 Å². The molecule has 86 valence electrons. The van der Waals surface area contributed by atoms with Gasteiger partial charge in [-0.05, 0) is 47.7 Å². The molecule has 0 unspecified atom stereocenters. The molecule has 0 radical (unpaired) electrons. The maximum absolute atomic E-state index is 11.0. The number of benzene rings is 1. The van der Waals surface area contributed by atoms with Crippen LogP contribution in [0.3, 0.4) is 0 Å². The van der Waals surface area contributed by atoms with E-state index in [2.05, 4.69) is 27.7 Å². The highest BCUT2D eigenvalue weighted by molar-refractivity contribution is 14.1. The van der Waals surface area contributed by atoms with Gasteiger partial charge in [-0.3, -0.25) is 4.79 Å². The monoisotopic (exact) mass is 333 g/mol. The quantitative estimate of drug-likeness (QED) is 0.281. The summed E-state index contributed by atoms with van der Waals surface area (Å²) < 4.78 is 6.10. The van der Waals surface area contributed by atoms with Crippen molar-refractivity contribution in [3.63, 3.8) is 0 Å². The molecule has 0 spiro atoms. The topological polar surface area (TPSA) is 47.9 Å². The number of hydrogen-bond acceptors (Lipinski definition) is 4. The summed E-state index contributed by atoms with van der Waals surface area (Å²) in [4.78, 5) is 15.7. The van der Waals surface area contributed by atoms with Gasteiger partial charge in [-0.2, -0.15) is 0 Å². The standard InChI is InChI=1S/C11H12INO3/c1-7(13-15-3)10-5-4-9(12)6-11(10)16-8(2)14/h4-6H,1-3H3/b13-7+. The minimum atomic E-state index is -0.353. The summed E-state index contributed by atoms with van der Waals surface area (Å²) in [6.07, 6.45) is 0. The second kappa shape index (κ2) is 5.83. The molecule has 0 bridgehead atoms. The van der Waals surface area contributed by atoms with Crippen molar-refractivity contribution >= 4 is 34.3 Å². The Bertz CT molecular complexity index is 429. The van der Waals surface area contributed by atoms with Crippen LogP contribution in [0.25, 0.3) is 0 Å². The predicted molar refractivity (Wildman–Crippen MR) is 69.7 cm³/mol. The van der Waals surface area contributed by atoms with Crippen LogP contribution < -0.4 is 4.74 Å². The number of oxime groups is 1. The van der Waals surface area contributed by atoms with Crippen LogP contribution in [0.15, 0.2) is 23.4 Å². The van der Waals surface area contributed by atoms with Crippen LogP contribution in [0.5, 0.6) is 5.75 Å². The van der Waals surface area contributed by atoms with Crippen LogP contribution >= 0.6 is 22.6 Å². The van der Waals surface area contributed by atoms with E-state index >= 15 is 0 Å². The SMILES string of the molecule is CO/N=C(\C)c1ccc(I)cc1OC(C)=O. The fourth-order valence-corrected chi connectivity index (χ4v) is 1.68. The second-order valence-corrected chi connectivity index (χ2v) is 4.34. The number of esters is 1. The molecule has 4 nitrogen and oxygen atoms in total. The van der Waals surface area contributed by atoms with E-state index in [0.717, 1.165) is 9.13 Å². The minimum Gasteiger partial charge on any atom is -0.426 e. The average molecular weight is 333 g/mol. The zero-order valence-electron chi connectivity index (χ0n) is 9.28. The van der Waals surface area contributed by atoms with E-state index in [4.69, 9.17) is 9.57 Å². The molecular formula is C11H12INO3. The van der Waals surface area contributed by atoms with Crippen LogP contribution in [-0.4, -0.2) is 18.8 Å². The highest BCUT2D eigenvalue weighted by Gasteiger charge is 2.10. The van der Waals surface area contributed by atoms with Crippen LogP contribution in [0.1, 0.15) is 19.4 Å². The molecule has 0 aliphatic rings. The maximum Gasteiger partial charge on any atom is 0.308 e. The van der Waals surface area contributed by atoms with Gasteiger partial charge >= 0.3 is 5.97 Å². The normalized spacial score (nSPS) is 11.1. The van der Waals surface area contributed by atoms with Gasteiger partial charge in [0.05, 0.1) is 5.71 Å². The van der Waals surface area contributed by atoms with Crippen molar-refractivity contribution in [1.29, 1.82) is 0 Å². The third-order valence-electron chi connectivity index (χ3n) is 1.82. The molecule has 1 aromatic carbocycles. The van der Waals surface area contributed by atoms with Gasteiger partial charge in [0.1, 0.15) is 12.9 Å². The first-order chi connectivity index (χ1) is 7.54. The fraction of sp³-hybridized carbons (Fsp3) is 0.273. The van der Waals surface area contributed by atoms with Crippen molar-refractivity contribution in [3.05, 3.63) is 27.3 Å². The van der Waals surface area contributed by atoms with E-state index in [1.54, 1.807) is 13.0 Å². The molecule has 0 aliphatic heterocycles. The Morgan fingerprint density at radius 1 is 1.38 bits per heavy atom. The molecule has 1 rings (SSSR count). The largest absolute Gasteiger partial charge is 0.426 e. The first-order valence-electron chi connectivity index (χ1n) is 4.60. The number of carbonyl (C=O) groups excluding carboxylic acids is 1. The van der Waals surface area contributed by atoms with Gasteiger partial charge in [0.2, 0.25) is 0 Å². The molecule has 5 heteroatoms. The predicted octanol–water partition coefficient (Wildman–Crippen LogP) is 2.59. The molecule has 0 atom stereocenters. The molecule has 0 N–H and O–H groups in total. The Kier molecular flexibility index (Phi) is 4.72. The molecule has 0 saturated carbocycles. The molecule has 0 saturated heterocycles. The Balaban J connectivity index is 3.16.